The molecular weight excluding hydrogens is 436 g/mol. The molecule has 30 heavy (non-hydrogen) atoms. The molecule has 0 aliphatic heterocycles. The zero-order chi connectivity index (χ0) is 21.3. The summed E-state index contributed by atoms with van der Waals surface area (Å²) in [6, 6.07) is 20.1. The Morgan fingerprint density at radius 2 is 1.57 bits per heavy atom. The Morgan fingerprint density at radius 1 is 0.900 bits per heavy atom. The molecule has 7 heteroatoms. The van der Waals surface area contributed by atoms with Crippen LogP contribution in [0.1, 0.15) is 11.1 Å². The molecule has 0 atom stereocenters. The average Bonchev–Trinajstić information content (AvgIpc) is 3.18. The smallest absolute Gasteiger partial charge is 0.262 e. The monoisotopic (exact) mass is 454 g/mol. The van der Waals surface area contributed by atoms with Gasteiger partial charge in [0.15, 0.2) is 0 Å². The van der Waals surface area contributed by atoms with E-state index in [1.165, 1.54) is 0 Å². The number of halogens is 1. The minimum Gasteiger partial charge on any atom is -0.280 e. The predicted molar refractivity (Wildman–Crippen MR) is 125 cm³/mol. The van der Waals surface area contributed by atoms with Crippen molar-refractivity contribution >= 4 is 38.6 Å². The van der Waals surface area contributed by atoms with Crippen molar-refractivity contribution in [3.8, 4) is 21.8 Å². The first-order chi connectivity index (χ1) is 14.3. The minimum absolute atomic E-state index is 0.282. The number of nitrogens with zero attached hydrogens (tertiary/aromatic N) is 1. The SMILES string of the molecule is Cc1ccc(S(=O)(=O)Nc2ccc(-c3csc(-c4ccc(Cl)cc4)n3)cc2)c(C)c1. The maximum absolute atomic E-state index is 12.7. The van der Waals surface area contributed by atoms with Crippen molar-refractivity contribution in [1.29, 1.82) is 0 Å². The van der Waals surface area contributed by atoms with E-state index in [1.807, 2.05) is 54.8 Å². The molecule has 0 aliphatic rings. The van der Waals surface area contributed by atoms with Crippen molar-refractivity contribution in [2.45, 2.75) is 18.7 Å². The molecule has 0 aliphatic carbocycles. The molecule has 152 valence electrons. The Balaban J connectivity index is 1.54. The molecule has 0 amide bonds. The van der Waals surface area contributed by atoms with E-state index in [0.29, 0.717) is 10.7 Å². The van der Waals surface area contributed by atoms with Crippen LogP contribution in [0.2, 0.25) is 5.02 Å². The molecule has 0 radical (unpaired) electrons. The molecule has 1 heterocycles. The number of hydrogen-bond donors (Lipinski definition) is 1. The molecule has 0 bridgehead atoms. The fourth-order valence-corrected chi connectivity index (χ4v) is 5.40. The van der Waals surface area contributed by atoms with E-state index < -0.39 is 10.0 Å². The summed E-state index contributed by atoms with van der Waals surface area (Å²) in [6.07, 6.45) is 0. The molecule has 0 spiro atoms. The quantitative estimate of drug-likeness (QED) is 0.372. The van der Waals surface area contributed by atoms with E-state index in [4.69, 9.17) is 11.6 Å². The third-order valence-electron chi connectivity index (χ3n) is 4.65. The maximum atomic E-state index is 12.7. The van der Waals surface area contributed by atoms with Crippen LogP contribution in [0.15, 0.2) is 77.0 Å². The highest BCUT2D eigenvalue weighted by Crippen LogP contribution is 2.30. The molecular formula is C23H19ClN2O2S2. The highest BCUT2D eigenvalue weighted by Gasteiger charge is 2.17. The van der Waals surface area contributed by atoms with Crippen LogP contribution in [0.25, 0.3) is 21.8 Å². The summed E-state index contributed by atoms with van der Waals surface area (Å²) in [6.45, 7) is 3.73. The van der Waals surface area contributed by atoms with E-state index in [1.54, 1.807) is 42.5 Å². The lowest BCUT2D eigenvalue weighted by atomic mass is 10.1. The first kappa shape index (κ1) is 20.6. The van der Waals surface area contributed by atoms with E-state index in [2.05, 4.69) is 9.71 Å². The van der Waals surface area contributed by atoms with Gasteiger partial charge in [-0.3, -0.25) is 4.72 Å². The average molecular weight is 455 g/mol. The number of rotatable bonds is 5. The van der Waals surface area contributed by atoms with Gasteiger partial charge >= 0.3 is 0 Å². The predicted octanol–water partition coefficient (Wildman–Crippen LogP) is 6.55. The van der Waals surface area contributed by atoms with Gasteiger partial charge in [-0.15, -0.1) is 11.3 Å². The lowest BCUT2D eigenvalue weighted by Gasteiger charge is -2.11. The molecule has 4 nitrogen and oxygen atoms in total. The van der Waals surface area contributed by atoms with Crippen molar-refractivity contribution in [2.75, 3.05) is 4.72 Å². The Hall–Kier alpha value is -2.67. The van der Waals surface area contributed by atoms with Gasteiger partial charge in [0.2, 0.25) is 0 Å². The van der Waals surface area contributed by atoms with Gasteiger partial charge in [-0.1, -0.05) is 53.6 Å². The number of sulfonamides is 1. The number of nitrogens with one attached hydrogen (secondary N) is 1. The van der Waals surface area contributed by atoms with Crippen LogP contribution in [0.3, 0.4) is 0 Å². The molecule has 0 unspecified atom stereocenters. The van der Waals surface area contributed by atoms with Crippen LogP contribution in [-0.2, 0) is 10.0 Å². The number of anilines is 1. The van der Waals surface area contributed by atoms with Crippen LogP contribution in [0.4, 0.5) is 5.69 Å². The summed E-state index contributed by atoms with van der Waals surface area (Å²) in [7, 11) is -3.65. The second-order valence-electron chi connectivity index (χ2n) is 7.00. The van der Waals surface area contributed by atoms with Crippen LogP contribution in [0.5, 0.6) is 0 Å². The molecule has 1 N–H and O–H groups in total. The third-order valence-corrected chi connectivity index (χ3v) is 7.33. The fourth-order valence-electron chi connectivity index (χ4n) is 3.15. The summed E-state index contributed by atoms with van der Waals surface area (Å²) >= 11 is 7.50. The van der Waals surface area contributed by atoms with Crippen LogP contribution in [0, 0.1) is 13.8 Å². The van der Waals surface area contributed by atoms with Gasteiger partial charge in [0.25, 0.3) is 10.0 Å². The summed E-state index contributed by atoms with van der Waals surface area (Å²) in [4.78, 5) is 4.97. The van der Waals surface area contributed by atoms with Crippen LogP contribution in [-0.4, -0.2) is 13.4 Å². The molecule has 0 saturated carbocycles. The second-order valence-corrected chi connectivity index (χ2v) is 9.94. The van der Waals surface area contributed by atoms with Crippen molar-refractivity contribution < 1.29 is 8.42 Å². The highest BCUT2D eigenvalue weighted by molar-refractivity contribution is 7.92. The number of aryl methyl sites for hydroxylation is 2. The molecule has 4 rings (SSSR count). The number of benzene rings is 3. The van der Waals surface area contributed by atoms with Gasteiger partial charge in [0, 0.05) is 27.2 Å². The van der Waals surface area contributed by atoms with Crippen molar-refractivity contribution in [1.82, 2.24) is 4.98 Å². The first-order valence-electron chi connectivity index (χ1n) is 9.24. The number of aromatic nitrogens is 1. The normalized spacial score (nSPS) is 11.4. The molecule has 1 aromatic heterocycles. The lowest BCUT2D eigenvalue weighted by molar-refractivity contribution is 0.600. The largest absolute Gasteiger partial charge is 0.280 e. The highest BCUT2D eigenvalue weighted by atomic mass is 35.5. The van der Waals surface area contributed by atoms with Crippen LogP contribution >= 0.6 is 22.9 Å². The van der Waals surface area contributed by atoms with E-state index in [0.717, 1.165) is 33.0 Å². The zero-order valence-corrected chi connectivity index (χ0v) is 18.8. The zero-order valence-electron chi connectivity index (χ0n) is 16.4. The molecule has 3 aromatic carbocycles. The Kier molecular flexibility index (Phi) is 5.64. The lowest BCUT2D eigenvalue weighted by Crippen LogP contribution is -2.14. The van der Waals surface area contributed by atoms with Crippen molar-refractivity contribution in [3.05, 3.63) is 88.3 Å². The van der Waals surface area contributed by atoms with Gasteiger partial charge in [0.1, 0.15) is 5.01 Å². The number of hydrogen-bond acceptors (Lipinski definition) is 4. The topological polar surface area (TPSA) is 59.1 Å². The summed E-state index contributed by atoms with van der Waals surface area (Å²) < 4.78 is 28.1. The first-order valence-corrected chi connectivity index (χ1v) is 12.0. The maximum Gasteiger partial charge on any atom is 0.262 e. The van der Waals surface area contributed by atoms with Gasteiger partial charge in [-0.05, 0) is 49.7 Å². The van der Waals surface area contributed by atoms with Crippen molar-refractivity contribution in [2.24, 2.45) is 0 Å². The molecule has 4 aromatic rings. The van der Waals surface area contributed by atoms with E-state index >= 15 is 0 Å². The third kappa shape index (κ3) is 4.41. The standard InChI is InChI=1S/C23H19ClN2O2S2/c1-15-3-12-22(16(2)13-15)30(27,28)26-20-10-6-17(7-11-20)21-14-29-23(25-21)18-4-8-19(24)9-5-18/h3-14,26H,1-2H3. The van der Waals surface area contributed by atoms with E-state index in [9.17, 15) is 8.42 Å². The summed E-state index contributed by atoms with van der Waals surface area (Å²) in [5.74, 6) is 0. The van der Waals surface area contributed by atoms with Gasteiger partial charge < -0.3 is 0 Å². The number of thiazole rings is 1. The van der Waals surface area contributed by atoms with Gasteiger partial charge in [-0.2, -0.15) is 0 Å². The second kappa shape index (κ2) is 8.22. The Labute approximate surface area is 185 Å². The van der Waals surface area contributed by atoms with Gasteiger partial charge in [-0.25, -0.2) is 13.4 Å². The summed E-state index contributed by atoms with van der Waals surface area (Å²) in [5.41, 5.74) is 5.02. The van der Waals surface area contributed by atoms with E-state index in [-0.39, 0.29) is 4.90 Å². The molecule has 0 saturated heterocycles. The van der Waals surface area contributed by atoms with Gasteiger partial charge in [0.05, 0.1) is 10.6 Å². The Morgan fingerprint density at radius 3 is 2.23 bits per heavy atom. The minimum atomic E-state index is -3.65. The molecule has 0 fully saturated rings. The fraction of sp³-hybridized carbons (Fsp3) is 0.0870. The Bertz CT molecular complexity index is 1300. The van der Waals surface area contributed by atoms with Crippen LogP contribution < -0.4 is 4.72 Å². The van der Waals surface area contributed by atoms with Crippen molar-refractivity contribution in [3.63, 3.8) is 0 Å². The summed E-state index contributed by atoms with van der Waals surface area (Å²) in [5, 5.41) is 3.58.